The summed E-state index contributed by atoms with van der Waals surface area (Å²) in [5, 5.41) is 3.36. The Kier molecular flexibility index (Phi) is 6.10. The Hall–Kier alpha value is -0.980. The number of halogens is 2. The molecule has 0 radical (unpaired) electrons. The first-order chi connectivity index (χ1) is 8.13. The molecular weight excluding hydrogens is 302 g/mol. The van der Waals surface area contributed by atoms with E-state index in [0.717, 1.165) is 23.7 Å². The zero-order valence-electron chi connectivity index (χ0n) is 9.30. The quantitative estimate of drug-likeness (QED) is 0.652. The van der Waals surface area contributed by atoms with Gasteiger partial charge in [-0.15, -0.1) is 12.3 Å². The van der Waals surface area contributed by atoms with Gasteiger partial charge >= 0.3 is 0 Å². The molecule has 1 rings (SSSR count). The minimum atomic E-state index is -0.117. The van der Waals surface area contributed by atoms with Crippen LogP contribution >= 0.6 is 27.5 Å². The van der Waals surface area contributed by atoms with Crippen LogP contribution in [0.4, 0.5) is 0 Å². The first-order valence-corrected chi connectivity index (χ1v) is 6.48. The third-order valence-electron chi connectivity index (χ3n) is 2.16. The SMILES string of the molecule is C#CCCCCNC(=O)c1cc(Cl)cc(Br)c1. The number of carbonyl (C=O) groups excluding carboxylic acids is 1. The normalized spacial score (nSPS) is 9.71. The Morgan fingerprint density at radius 2 is 2.18 bits per heavy atom. The first kappa shape index (κ1) is 14.1. The van der Waals surface area contributed by atoms with Gasteiger partial charge in [0, 0.05) is 28.0 Å². The third-order valence-corrected chi connectivity index (χ3v) is 2.83. The van der Waals surface area contributed by atoms with Crippen molar-refractivity contribution in [1.82, 2.24) is 5.32 Å². The maximum Gasteiger partial charge on any atom is 0.251 e. The average molecular weight is 315 g/mol. The van der Waals surface area contributed by atoms with Crippen LogP contribution in [0.15, 0.2) is 22.7 Å². The molecule has 0 unspecified atom stereocenters. The molecule has 0 spiro atoms. The number of rotatable bonds is 5. The molecule has 0 bridgehead atoms. The summed E-state index contributed by atoms with van der Waals surface area (Å²) in [6.45, 7) is 0.630. The molecule has 17 heavy (non-hydrogen) atoms. The lowest BCUT2D eigenvalue weighted by atomic mass is 10.2. The maximum atomic E-state index is 11.8. The van der Waals surface area contributed by atoms with E-state index in [1.54, 1.807) is 18.2 Å². The number of terminal acetylenes is 1. The van der Waals surface area contributed by atoms with Crippen molar-refractivity contribution < 1.29 is 4.79 Å². The van der Waals surface area contributed by atoms with Crippen molar-refractivity contribution in [2.75, 3.05) is 6.54 Å². The zero-order chi connectivity index (χ0) is 12.7. The Morgan fingerprint density at radius 1 is 1.41 bits per heavy atom. The van der Waals surface area contributed by atoms with Crippen molar-refractivity contribution in [3.8, 4) is 12.3 Å². The largest absolute Gasteiger partial charge is 0.352 e. The molecule has 0 aliphatic rings. The lowest BCUT2D eigenvalue weighted by Gasteiger charge is -2.05. The third kappa shape index (κ3) is 5.25. The molecule has 0 aliphatic carbocycles. The number of unbranched alkanes of at least 4 members (excludes halogenated alkanes) is 2. The minimum Gasteiger partial charge on any atom is -0.352 e. The molecule has 90 valence electrons. The Labute approximate surface area is 115 Å². The lowest BCUT2D eigenvalue weighted by Crippen LogP contribution is -2.24. The van der Waals surface area contributed by atoms with E-state index in [9.17, 15) is 4.79 Å². The number of benzene rings is 1. The van der Waals surface area contributed by atoms with Gasteiger partial charge in [0.2, 0.25) is 0 Å². The molecule has 0 aliphatic heterocycles. The van der Waals surface area contributed by atoms with E-state index in [-0.39, 0.29) is 5.91 Å². The highest BCUT2D eigenvalue weighted by Crippen LogP contribution is 2.19. The van der Waals surface area contributed by atoms with Gasteiger partial charge in [0.25, 0.3) is 5.91 Å². The molecule has 0 fully saturated rings. The predicted octanol–water partition coefficient (Wildman–Crippen LogP) is 3.64. The second kappa shape index (κ2) is 7.37. The van der Waals surface area contributed by atoms with Crippen molar-refractivity contribution in [3.05, 3.63) is 33.3 Å². The summed E-state index contributed by atoms with van der Waals surface area (Å²) < 4.78 is 0.794. The number of hydrogen-bond donors (Lipinski definition) is 1. The molecule has 0 heterocycles. The van der Waals surface area contributed by atoms with Crippen molar-refractivity contribution in [1.29, 1.82) is 0 Å². The van der Waals surface area contributed by atoms with Gasteiger partial charge < -0.3 is 5.32 Å². The van der Waals surface area contributed by atoms with E-state index in [1.165, 1.54) is 0 Å². The van der Waals surface area contributed by atoms with Gasteiger partial charge in [0.05, 0.1) is 0 Å². The van der Waals surface area contributed by atoms with Crippen LogP contribution in [0.25, 0.3) is 0 Å². The summed E-state index contributed by atoms with van der Waals surface area (Å²) in [5.41, 5.74) is 0.557. The lowest BCUT2D eigenvalue weighted by molar-refractivity contribution is 0.0953. The van der Waals surface area contributed by atoms with Crippen LogP contribution in [-0.2, 0) is 0 Å². The van der Waals surface area contributed by atoms with Gasteiger partial charge in [-0.05, 0) is 31.0 Å². The van der Waals surface area contributed by atoms with Crippen molar-refractivity contribution in [2.45, 2.75) is 19.3 Å². The molecule has 4 heteroatoms. The second-order valence-corrected chi connectivity index (χ2v) is 4.93. The molecular formula is C13H13BrClNO. The number of amides is 1. The molecule has 1 aromatic rings. The van der Waals surface area contributed by atoms with Gasteiger partial charge in [0.1, 0.15) is 0 Å². The van der Waals surface area contributed by atoms with Crippen LogP contribution in [0.3, 0.4) is 0 Å². The first-order valence-electron chi connectivity index (χ1n) is 5.31. The highest BCUT2D eigenvalue weighted by molar-refractivity contribution is 9.10. The Balaban J connectivity index is 2.44. The molecule has 0 saturated heterocycles. The van der Waals surface area contributed by atoms with Crippen LogP contribution in [-0.4, -0.2) is 12.5 Å². The van der Waals surface area contributed by atoms with E-state index >= 15 is 0 Å². The van der Waals surface area contributed by atoms with Crippen LogP contribution < -0.4 is 5.32 Å². The highest BCUT2D eigenvalue weighted by Gasteiger charge is 2.06. The zero-order valence-corrected chi connectivity index (χ0v) is 11.6. The van der Waals surface area contributed by atoms with Crippen LogP contribution in [0.2, 0.25) is 5.02 Å². The Morgan fingerprint density at radius 3 is 2.82 bits per heavy atom. The summed E-state index contributed by atoms with van der Waals surface area (Å²) in [5.74, 6) is 2.45. The summed E-state index contributed by atoms with van der Waals surface area (Å²) >= 11 is 9.16. The van der Waals surface area contributed by atoms with Gasteiger partial charge in [-0.2, -0.15) is 0 Å². The summed E-state index contributed by atoms with van der Waals surface area (Å²) in [6, 6.07) is 5.12. The standard InChI is InChI=1S/C13H13BrClNO/c1-2-3-4-5-6-16-13(17)10-7-11(14)9-12(15)8-10/h1,7-9H,3-6H2,(H,16,17). The predicted molar refractivity (Wildman–Crippen MR) is 74.2 cm³/mol. The minimum absolute atomic E-state index is 0.117. The maximum absolute atomic E-state index is 11.8. The fourth-order valence-corrected chi connectivity index (χ4v) is 2.20. The summed E-state index contributed by atoms with van der Waals surface area (Å²) in [7, 11) is 0. The van der Waals surface area contributed by atoms with Gasteiger partial charge in [0.15, 0.2) is 0 Å². The molecule has 0 atom stereocenters. The summed E-state index contributed by atoms with van der Waals surface area (Å²) in [6.07, 6.45) is 7.70. The van der Waals surface area contributed by atoms with Crippen LogP contribution in [0, 0.1) is 12.3 Å². The van der Waals surface area contributed by atoms with E-state index < -0.39 is 0 Å². The van der Waals surface area contributed by atoms with Gasteiger partial charge in [-0.1, -0.05) is 27.5 Å². The molecule has 1 amide bonds. The molecule has 0 aromatic heterocycles. The van der Waals surface area contributed by atoms with E-state index in [4.69, 9.17) is 18.0 Å². The molecule has 1 aromatic carbocycles. The van der Waals surface area contributed by atoms with E-state index in [0.29, 0.717) is 17.1 Å². The fourth-order valence-electron chi connectivity index (χ4n) is 1.34. The summed E-state index contributed by atoms with van der Waals surface area (Å²) in [4.78, 5) is 11.8. The Bertz CT molecular complexity index is 419. The topological polar surface area (TPSA) is 29.1 Å². The van der Waals surface area contributed by atoms with Gasteiger partial charge in [-0.25, -0.2) is 0 Å². The number of carbonyl (C=O) groups is 1. The molecule has 2 nitrogen and oxygen atoms in total. The molecule has 0 saturated carbocycles. The van der Waals surface area contributed by atoms with Gasteiger partial charge in [-0.3, -0.25) is 4.79 Å². The van der Waals surface area contributed by atoms with E-state index in [2.05, 4.69) is 27.2 Å². The second-order valence-electron chi connectivity index (χ2n) is 3.58. The number of nitrogens with one attached hydrogen (secondary N) is 1. The van der Waals surface area contributed by atoms with Crippen molar-refractivity contribution in [2.24, 2.45) is 0 Å². The smallest absolute Gasteiger partial charge is 0.251 e. The van der Waals surface area contributed by atoms with Crippen LogP contribution in [0.5, 0.6) is 0 Å². The molecule has 1 N–H and O–H groups in total. The van der Waals surface area contributed by atoms with Crippen molar-refractivity contribution in [3.63, 3.8) is 0 Å². The number of hydrogen-bond acceptors (Lipinski definition) is 1. The highest BCUT2D eigenvalue weighted by atomic mass is 79.9. The van der Waals surface area contributed by atoms with E-state index in [1.807, 2.05) is 0 Å². The monoisotopic (exact) mass is 313 g/mol. The average Bonchev–Trinajstić information content (AvgIpc) is 2.27. The van der Waals surface area contributed by atoms with Crippen molar-refractivity contribution >= 4 is 33.4 Å². The van der Waals surface area contributed by atoms with Crippen LogP contribution in [0.1, 0.15) is 29.6 Å². The fraction of sp³-hybridized carbons (Fsp3) is 0.308.